The van der Waals surface area contributed by atoms with Gasteiger partial charge in [-0.15, -0.1) is 0 Å². The largest absolute Gasteiger partial charge is 0.462 e. The van der Waals surface area contributed by atoms with Crippen molar-refractivity contribution in [2.45, 2.75) is 20.0 Å². The van der Waals surface area contributed by atoms with Gasteiger partial charge in [-0.3, -0.25) is 4.79 Å². The number of nitrogens with two attached hydrogens (primary N) is 2. The molecule has 0 fully saturated rings. The fourth-order valence-corrected chi connectivity index (χ4v) is 0.456. The lowest BCUT2D eigenvalue weighted by atomic mass is 10.5. The number of nitrogens with zero attached hydrogens (tertiary/aromatic N) is 1. The molecule has 0 radical (unpaired) electrons. The molecule has 0 aromatic heterocycles. The van der Waals surface area contributed by atoms with Gasteiger partial charge in [0.1, 0.15) is 6.54 Å². The molecule has 0 heterocycles. The van der Waals surface area contributed by atoms with Crippen molar-refractivity contribution in [3.63, 3.8) is 0 Å². The molecule has 0 atom stereocenters. The smallest absolute Gasteiger partial charge is 0.328 e. The van der Waals surface area contributed by atoms with Crippen LogP contribution in [-0.4, -0.2) is 24.6 Å². The summed E-state index contributed by atoms with van der Waals surface area (Å²) in [4.78, 5) is 14.2. The van der Waals surface area contributed by atoms with Gasteiger partial charge in [0.25, 0.3) is 0 Å². The molecule has 11 heavy (non-hydrogen) atoms. The Bertz CT molecular complexity index is 161. The van der Waals surface area contributed by atoms with E-state index in [4.69, 9.17) is 16.2 Å². The Balaban J connectivity index is 3.62. The molecule has 5 nitrogen and oxygen atoms in total. The van der Waals surface area contributed by atoms with Crippen LogP contribution in [-0.2, 0) is 9.53 Å². The highest BCUT2D eigenvalue weighted by molar-refractivity contribution is 5.80. The molecule has 0 aliphatic carbocycles. The Labute approximate surface area is 65.4 Å². The van der Waals surface area contributed by atoms with Crippen LogP contribution < -0.4 is 11.5 Å². The molecule has 0 aliphatic rings. The standard InChI is InChI=1S/C6H13N3O2/c1-4(2)11-5(10)3-9-6(7)8/h4H,3H2,1-2H3,(H4,7,8,9). The van der Waals surface area contributed by atoms with Crippen LogP contribution in [0.5, 0.6) is 0 Å². The van der Waals surface area contributed by atoms with Crippen LogP contribution in [0.1, 0.15) is 13.8 Å². The summed E-state index contributed by atoms with van der Waals surface area (Å²) in [5, 5.41) is 0. The van der Waals surface area contributed by atoms with Gasteiger partial charge in [0.2, 0.25) is 0 Å². The first-order valence-corrected chi connectivity index (χ1v) is 3.27. The summed E-state index contributed by atoms with van der Waals surface area (Å²) in [6.07, 6.45) is -0.128. The Hall–Kier alpha value is -1.26. The van der Waals surface area contributed by atoms with E-state index in [0.717, 1.165) is 0 Å². The number of ether oxygens (including phenoxy) is 1. The van der Waals surface area contributed by atoms with E-state index in [1.165, 1.54) is 0 Å². The van der Waals surface area contributed by atoms with Gasteiger partial charge in [-0.25, -0.2) is 4.99 Å². The molecule has 0 spiro atoms. The van der Waals surface area contributed by atoms with Crippen molar-refractivity contribution >= 4 is 11.9 Å². The zero-order chi connectivity index (χ0) is 8.85. The van der Waals surface area contributed by atoms with Crippen LogP contribution in [0.2, 0.25) is 0 Å². The summed E-state index contributed by atoms with van der Waals surface area (Å²) in [6, 6.07) is 0. The van der Waals surface area contributed by atoms with Gasteiger partial charge >= 0.3 is 5.97 Å². The van der Waals surface area contributed by atoms with E-state index in [1.54, 1.807) is 13.8 Å². The fraction of sp³-hybridized carbons (Fsp3) is 0.667. The number of hydrogen-bond donors (Lipinski definition) is 2. The normalized spacial score (nSPS) is 9.36. The second kappa shape index (κ2) is 4.54. The Kier molecular flexibility index (Phi) is 4.02. The van der Waals surface area contributed by atoms with E-state index in [1.807, 2.05) is 0 Å². The van der Waals surface area contributed by atoms with Crippen LogP contribution in [0.4, 0.5) is 0 Å². The zero-order valence-electron chi connectivity index (χ0n) is 6.70. The number of rotatable bonds is 3. The minimum absolute atomic E-state index is 0.106. The van der Waals surface area contributed by atoms with Gasteiger partial charge in [0, 0.05) is 0 Å². The van der Waals surface area contributed by atoms with E-state index >= 15 is 0 Å². The predicted molar refractivity (Wildman–Crippen MR) is 41.9 cm³/mol. The highest BCUT2D eigenvalue weighted by Gasteiger charge is 2.02. The monoisotopic (exact) mass is 159 g/mol. The van der Waals surface area contributed by atoms with E-state index in [0.29, 0.717) is 0 Å². The highest BCUT2D eigenvalue weighted by atomic mass is 16.5. The maximum atomic E-state index is 10.7. The van der Waals surface area contributed by atoms with Gasteiger partial charge in [0.15, 0.2) is 5.96 Å². The van der Waals surface area contributed by atoms with Crippen molar-refractivity contribution in [2.24, 2.45) is 16.5 Å². The van der Waals surface area contributed by atoms with Crippen molar-refractivity contribution in [3.05, 3.63) is 0 Å². The number of carbonyl (C=O) groups excluding carboxylic acids is 1. The van der Waals surface area contributed by atoms with Gasteiger partial charge in [-0.05, 0) is 13.8 Å². The van der Waals surface area contributed by atoms with Crippen molar-refractivity contribution in [1.82, 2.24) is 0 Å². The molecular formula is C6H13N3O2. The molecule has 5 heteroatoms. The summed E-state index contributed by atoms with van der Waals surface area (Å²) in [7, 11) is 0. The number of aliphatic imine (C=N–C) groups is 1. The van der Waals surface area contributed by atoms with Crippen LogP contribution in [0, 0.1) is 0 Å². The number of esters is 1. The topological polar surface area (TPSA) is 90.7 Å². The van der Waals surface area contributed by atoms with Gasteiger partial charge in [-0.2, -0.15) is 0 Å². The molecule has 0 aromatic rings. The molecule has 0 rings (SSSR count). The van der Waals surface area contributed by atoms with Crippen LogP contribution >= 0.6 is 0 Å². The maximum Gasteiger partial charge on any atom is 0.328 e. The summed E-state index contributed by atoms with van der Waals surface area (Å²) in [5.74, 6) is -0.529. The van der Waals surface area contributed by atoms with E-state index in [2.05, 4.69) is 4.99 Å². The minimum Gasteiger partial charge on any atom is -0.462 e. The number of hydrogen-bond acceptors (Lipinski definition) is 3. The van der Waals surface area contributed by atoms with Crippen molar-refractivity contribution in [3.8, 4) is 0 Å². The van der Waals surface area contributed by atoms with E-state index in [-0.39, 0.29) is 18.6 Å². The predicted octanol–water partition coefficient (Wildman–Crippen LogP) is -0.789. The second-order valence-corrected chi connectivity index (χ2v) is 2.28. The molecule has 0 unspecified atom stereocenters. The third-order valence-corrected chi connectivity index (χ3v) is 0.758. The average molecular weight is 159 g/mol. The lowest BCUT2D eigenvalue weighted by Crippen LogP contribution is -2.25. The van der Waals surface area contributed by atoms with Crippen LogP contribution in [0.25, 0.3) is 0 Å². The summed E-state index contributed by atoms with van der Waals surface area (Å²) in [5.41, 5.74) is 9.98. The van der Waals surface area contributed by atoms with Crippen LogP contribution in [0.3, 0.4) is 0 Å². The molecule has 64 valence electrons. The van der Waals surface area contributed by atoms with Gasteiger partial charge in [-0.1, -0.05) is 0 Å². The van der Waals surface area contributed by atoms with Crippen LogP contribution in [0.15, 0.2) is 4.99 Å². The molecule has 0 bridgehead atoms. The second-order valence-electron chi connectivity index (χ2n) is 2.28. The van der Waals surface area contributed by atoms with Gasteiger partial charge in [0.05, 0.1) is 6.10 Å². The first-order valence-electron chi connectivity index (χ1n) is 3.27. The molecule has 0 aliphatic heterocycles. The minimum atomic E-state index is -0.423. The quantitative estimate of drug-likeness (QED) is 0.321. The zero-order valence-corrected chi connectivity index (χ0v) is 6.70. The molecule has 0 amide bonds. The molecule has 0 saturated carbocycles. The molecule has 0 saturated heterocycles. The average Bonchev–Trinajstić information content (AvgIpc) is 1.82. The first-order chi connectivity index (χ1) is 5.02. The third-order valence-electron chi connectivity index (χ3n) is 0.758. The fourth-order valence-electron chi connectivity index (χ4n) is 0.456. The maximum absolute atomic E-state index is 10.7. The van der Waals surface area contributed by atoms with Gasteiger partial charge < -0.3 is 16.2 Å². The lowest BCUT2D eigenvalue weighted by molar-refractivity contribution is -0.145. The van der Waals surface area contributed by atoms with E-state index < -0.39 is 5.97 Å². The van der Waals surface area contributed by atoms with E-state index in [9.17, 15) is 4.79 Å². The van der Waals surface area contributed by atoms with Crippen molar-refractivity contribution in [2.75, 3.05) is 6.54 Å². The lowest BCUT2D eigenvalue weighted by Gasteiger charge is -2.05. The molecular weight excluding hydrogens is 146 g/mol. The summed E-state index contributed by atoms with van der Waals surface area (Å²) < 4.78 is 4.74. The molecule has 4 N–H and O–H groups in total. The van der Waals surface area contributed by atoms with Crippen molar-refractivity contribution in [1.29, 1.82) is 0 Å². The number of carbonyl (C=O) groups is 1. The third kappa shape index (κ3) is 6.63. The Morgan fingerprint density at radius 2 is 2.09 bits per heavy atom. The highest BCUT2D eigenvalue weighted by Crippen LogP contribution is 1.88. The first kappa shape index (κ1) is 9.74. The summed E-state index contributed by atoms with van der Waals surface area (Å²) in [6.45, 7) is 3.40. The summed E-state index contributed by atoms with van der Waals surface area (Å²) >= 11 is 0. The Morgan fingerprint density at radius 1 is 1.55 bits per heavy atom. The number of guanidine groups is 1. The Morgan fingerprint density at radius 3 is 2.45 bits per heavy atom. The molecule has 0 aromatic carbocycles. The van der Waals surface area contributed by atoms with Crippen molar-refractivity contribution < 1.29 is 9.53 Å². The SMILES string of the molecule is CC(C)OC(=O)CN=C(N)N.